The van der Waals surface area contributed by atoms with E-state index in [0.29, 0.717) is 4.88 Å². The molecule has 2 fully saturated rings. The zero-order valence-corrected chi connectivity index (χ0v) is 18.1. The van der Waals surface area contributed by atoms with Gasteiger partial charge >= 0.3 is 6.18 Å². The van der Waals surface area contributed by atoms with Gasteiger partial charge in [0.05, 0.1) is 22.1 Å². The number of aryl methyl sites for hydroxylation is 1. The second kappa shape index (κ2) is 8.47. The second-order valence-electron chi connectivity index (χ2n) is 8.02. The van der Waals surface area contributed by atoms with Crippen LogP contribution in [0.5, 0.6) is 0 Å². The number of thiophene rings is 1. The third-order valence-corrected chi connectivity index (χ3v) is 6.72. The first-order chi connectivity index (χ1) is 15.2. The predicted molar refractivity (Wildman–Crippen MR) is 113 cm³/mol. The van der Waals surface area contributed by atoms with Gasteiger partial charge in [-0.15, -0.1) is 11.3 Å². The lowest BCUT2D eigenvalue weighted by Crippen LogP contribution is -2.61. The summed E-state index contributed by atoms with van der Waals surface area (Å²) in [5.74, 6) is -0.548. The van der Waals surface area contributed by atoms with Gasteiger partial charge in [0.2, 0.25) is 5.91 Å². The molecule has 1 aliphatic carbocycles. The highest BCUT2D eigenvalue weighted by molar-refractivity contribution is 7.12. The largest absolute Gasteiger partial charge is 0.417 e. The molecule has 1 N–H and O–H groups in total. The standard InChI is InChI=1S/C22H21F3N4O2S/c1-13-6-9-32-19(13)21(31)29-8-7-28(12-18(29)20(30)27-15-3-4-15)16-5-2-14(11-26)17(10-16)22(23,24)25/h2,5-6,9-10,15,18H,3-4,7-8,12H2,1H3,(H,27,30). The minimum atomic E-state index is -4.67. The first kappa shape index (κ1) is 22.1. The molecule has 1 unspecified atom stereocenters. The van der Waals surface area contributed by atoms with Crippen molar-refractivity contribution in [2.45, 2.75) is 38.0 Å². The number of alkyl halides is 3. The van der Waals surface area contributed by atoms with Gasteiger partial charge in [-0.25, -0.2) is 0 Å². The van der Waals surface area contributed by atoms with E-state index in [0.717, 1.165) is 30.5 Å². The fourth-order valence-corrected chi connectivity index (χ4v) is 4.67. The Balaban J connectivity index is 1.62. The van der Waals surface area contributed by atoms with E-state index >= 15 is 0 Å². The molecule has 1 atom stereocenters. The number of piperazine rings is 1. The van der Waals surface area contributed by atoms with Gasteiger partial charge in [0.1, 0.15) is 6.04 Å². The number of carbonyl (C=O) groups is 2. The van der Waals surface area contributed by atoms with E-state index in [1.807, 2.05) is 18.4 Å². The fourth-order valence-electron chi connectivity index (χ4n) is 3.79. The summed E-state index contributed by atoms with van der Waals surface area (Å²) in [7, 11) is 0. The maximum Gasteiger partial charge on any atom is 0.417 e. The minimum Gasteiger partial charge on any atom is -0.367 e. The summed E-state index contributed by atoms with van der Waals surface area (Å²) in [5.41, 5.74) is -0.374. The highest BCUT2D eigenvalue weighted by Crippen LogP contribution is 2.35. The van der Waals surface area contributed by atoms with Crippen LogP contribution < -0.4 is 10.2 Å². The topological polar surface area (TPSA) is 76.4 Å². The number of anilines is 1. The smallest absolute Gasteiger partial charge is 0.367 e. The molecule has 1 aromatic carbocycles. The zero-order valence-electron chi connectivity index (χ0n) is 17.3. The number of carbonyl (C=O) groups excluding carboxylic acids is 2. The third kappa shape index (κ3) is 4.43. The molecular formula is C22H21F3N4O2S. The molecule has 0 radical (unpaired) electrons. The van der Waals surface area contributed by atoms with Crippen LogP contribution in [0.3, 0.4) is 0 Å². The molecule has 1 saturated carbocycles. The van der Waals surface area contributed by atoms with Gasteiger partial charge in [0.15, 0.2) is 0 Å². The maximum atomic E-state index is 13.4. The van der Waals surface area contributed by atoms with Crippen LogP contribution in [0, 0.1) is 18.3 Å². The van der Waals surface area contributed by atoms with E-state index in [2.05, 4.69) is 5.32 Å². The van der Waals surface area contributed by atoms with Crippen molar-refractivity contribution in [2.24, 2.45) is 0 Å². The van der Waals surface area contributed by atoms with Gasteiger partial charge in [-0.2, -0.15) is 18.4 Å². The Kier molecular flexibility index (Phi) is 5.86. The molecule has 0 spiro atoms. The fraction of sp³-hybridized carbons (Fsp3) is 0.409. The number of hydrogen-bond acceptors (Lipinski definition) is 5. The summed E-state index contributed by atoms with van der Waals surface area (Å²) in [4.78, 5) is 29.9. The summed E-state index contributed by atoms with van der Waals surface area (Å²) in [6.45, 7) is 2.36. The number of nitrogens with zero attached hydrogens (tertiary/aromatic N) is 3. The molecular weight excluding hydrogens is 441 g/mol. The van der Waals surface area contributed by atoms with Gasteiger partial charge in [-0.1, -0.05) is 0 Å². The van der Waals surface area contributed by atoms with E-state index in [1.54, 1.807) is 11.0 Å². The van der Waals surface area contributed by atoms with E-state index in [4.69, 9.17) is 5.26 Å². The quantitative estimate of drug-likeness (QED) is 0.754. The number of nitriles is 1. The van der Waals surface area contributed by atoms with Crippen molar-refractivity contribution in [3.05, 3.63) is 51.2 Å². The molecule has 1 aliphatic heterocycles. The van der Waals surface area contributed by atoms with Crippen LogP contribution >= 0.6 is 11.3 Å². The Hall–Kier alpha value is -3.06. The molecule has 10 heteroatoms. The summed E-state index contributed by atoms with van der Waals surface area (Å²) in [6.07, 6.45) is -2.91. The first-order valence-electron chi connectivity index (χ1n) is 10.2. The average molecular weight is 462 g/mol. The van der Waals surface area contributed by atoms with Crippen LogP contribution in [-0.2, 0) is 11.0 Å². The Morgan fingerprint density at radius 2 is 1.97 bits per heavy atom. The van der Waals surface area contributed by atoms with Crippen LogP contribution in [0.4, 0.5) is 18.9 Å². The summed E-state index contributed by atoms with van der Waals surface area (Å²) >= 11 is 1.31. The van der Waals surface area contributed by atoms with E-state index in [9.17, 15) is 22.8 Å². The highest BCUT2D eigenvalue weighted by atomic mass is 32.1. The van der Waals surface area contributed by atoms with Crippen LogP contribution in [-0.4, -0.2) is 48.4 Å². The van der Waals surface area contributed by atoms with Crippen molar-refractivity contribution in [3.8, 4) is 6.07 Å². The number of hydrogen-bond donors (Lipinski definition) is 1. The van der Waals surface area contributed by atoms with Gasteiger partial charge in [0, 0.05) is 31.4 Å². The third-order valence-electron chi connectivity index (χ3n) is 5.72. The SMILES string of the molecule is Cc1ccsc1C(=O)N1CCN(c2ccc(C#N)c(C(F)(F)F)c2)CC1C(=O)NC1CC1. The lowest BCUT2D eigenvalue weighted by molar-refractivity contribution is -0.137. The van der Waals surface area contributed by atoms with E-state index < -0.39 is 23.3 Å². The Morgan fingerprint density at radius 3 is 2.56 bits per heavy atom. The maximum absolute atomic E-state index is 13.4. The van der Waals surface area contributed by atoms with Crippen molar-refractivity contribution in [1.82, 2.24) is 10.2 Å². The molecule has 0 bridgehead atoms. The van der Waals surface area contributed by atoms with E-state index in [-0.39, 0.29) is 43.2 Å². The van der Waals surface area contributed by atoms with Gasteiger partial charge < -0.3 is 15.1 Å². The van der Waals surface area contributed by atoms with Crippen molar-refractivity contribution >= 4 is 28.8 Å². The number of rotatable bonds is 4. The molecule has 2 aromatic rings. The number of halogens is 3. The Labute approximate surface area is 187 Å². The average Bonchev–Trinajstić information content (AvgIpc) is 3.48. The van der Waals surface area contributed by atoms with Crippen LogP contribution in [0.15, 0.2) is 29.6 Å². The van der Waals surface area contributed by atoms with Crippen molar-refractivity contribution in [2.75, 3.05) is 24.5 Å². The lowest BCUT2D eigenvalue weighted by Gasteiger charge is -2.41. The summed E-state index contributed by atoms with van der Waals surface area (Å²) in [6, 6.07) is 6.20. The lowest BCUT2D eigenvalue weighted by atomic mass is 10.0. The van der Waals surface area contributed by atoms with Crippen molar-refractivity contribution in [1.29, 1.82) is 5.26 Å². The monoisotopic (exact) mass is 462 g/mol. The molecule has 1 saturated heterocycles. The molecule has 168 valence electrons. The summed E-state index contributed by atoms with van der Waals surface area (Å²) < 4.78 is 40.2. The van der Waals surface area contributed by atoms with Gasteiger partial charge in [0.25, 0.3) is 5.91 Å². The molecule has 2 amide bonds. The van der Waals surface area contributed by atoms with Crippen LogP contribution in [0.2, 0.25) is 0 Å². The van der Waals surface area contributed by atoms with E-state index in [1.165, 1.54) is 22.3 Å². The minimum absolute atomic E-state index is 0.0674. The number of benzene rings is 1. The summed E-state index contributed by atoms with van der Waals surface area (Å²) in [5, 5.41) is 13.8. The van der Waals surface area contributed by atoms with Crippen LogP contribution in [0.1, 0.15) is 39.2 Å². The first-order valence-corrected chi connectivity index (χ1v) is 11.1. The molecule has 2 aliphatic rings. The Morgan fingerprint density at radius 1 is 1.22 bits per heavy atom. The molecule has 32 heavy (non-hydrogen) atoms. The number of nitrogens with one attached hydrogen (secondary N) is 1. The van der Waals surface area contributed by atoms with Crippen molar-refractivity contribution in [3.63, 3.8) is 0 Å². The molecule has 6 nitrogen and oxygen atoms in total. The predicted octanol–water partition coefficient (Wildman–Crippen LogP) is 3.56. The molecule has 2 heterocycles. The normalized spacial score (nSPS) is 18.9. The molecule has 4 rings (SSSR count). The number of amides is 2. The van der Waals surface area contributed by atoms with Crippen molar-refractivity contribution < 1.29 is 22.8 Å². The second-order valence-corrected chi connectivity index (χ2v) is 8.93. The van der Waals surface area contributed by atoms with Gasteiger partial charge in [-0.3, -0.25) is 9.59 Å². The zero-order chi connectivity index (χ0) is 23.0. The van der Waals surface area contributed by atoms with Gasteiger partial charge in [-0.05, 0) is 55.0 Å². The Bertz CT molecular complexity index is 1090. The molecule has 1 aromatic heterocycles. The highest BCUT2D eigenvalue weighted by Gasteiger charge is 2.39. The van der Waals surface area contributed by atoms with Crippen LogP contribution in [0.25, 0.3) is 0 Å².